The zero-order chi connectivity index (χ0) is 22.1. The van der Waals surface area contributed by atoms with Gasteiger partial charge in [0.2, 0.25) is 0 Å². The number of allylic oxidation sites excluding steroid dienone is 1. The lowest BCUT2D eigenvalue weighted by molar-refractivity contribution is -0.124. The Balaban J connectivity index is 2.12. The van der Waals surface area contributed by atoms with Gasteiger partial charge in [0.05, 0.1) is 0 Å². The van der Waals surface area contributed by atoms with E-state index in [2.05, 4.69) is 21.2 Å². The predicted molar refractivity (Wildman–Crippen MR) is 113 cm³/mol. The highest BCUT2D eigenvalue weighted by atomic mass is 79.9. The molecule has 0 saturated heterocycles. The summed E-state index contributed by atoms with van der Waals surface area (Å²) in [6, 6.07) is 10.7. The van der Waals surface area contributed by atoms with Crippen LogP contribution in [-0.2, 0) is 9.53 Å². The molecule has 2 aromatic rings. The van der Waals surface area contributed by atoms with Gasteiger partial charge in [-0.2, -0.15) is 0 Å². The zero-order valence-corrected chi connectivity index (χ0v) is 17.7. The Kier molecular flexibility index (Phi) is 8.82. The van der Waals surface area contributed by atoms with E-state index < -0.39 is 29.7 Å². The minimum absolute atomic E-state index is 0.244. The summed E-state index contributed by atoms with van der Waals surface area (Å²) in [6.45, 7) is 1.82. The van der Waals surface area contributed by atoms with E-state index in [0.717, 1.165) is 10.5 Å². The van der Waals surface area contributed by atoms with Crippen molar-refractivity contribution in [3.05, 3.63) is 70.5 Å². The number of phenolic OH excluding ortho intramolecular Hbond substituents is 1. The molecule has 4 N–H and O–H groups in total. The fourth-order valence-corrected chi connectivity index (χ4v) is 3.01. The molecule has 0 aliphatic rings. The molecular weight excluding hydrogens is 459 g/mol. The van der Waals surface area contributed by atoms with Crippen LogP contribution in [0, 0.1) is 11.7 Å². The minimum Gasteiger partial charge on any atom is -0.505 e. The van der Waals surface area contributed by atoms with Gasteiger partial charge < -0.3 is 9.84 Å². The van der Waals surface area contributed by atoms with Crippen molar-refractivity contribution in [1.82, 2.24) is 5.48 Å². The standard InChI is InChI=1S/C21H22BrFN2O5/c1-13(4-2-3-5-19(27)25-29)20(14-6-11-18(26)17(23)12-14)30-21(28)24-16-9-7-15(22)8-10-16/h3,5-13,20,26,29H,2,4H2,1H3,(H,24,28)(H,25,27)/b5-3+/t13-,20+/m1/s1. The van der Waals surface area contributed by atoms with Crippen LogP contribution < -0.4 is 10.8 Å². The van der Waals surface area contributed by atoms with Gasteiger partial charge in [-0.1, -0.05) is 35.0 Å². The van der Waals surface area contributed by atoms with Crippen LogP contribution in [0.3, 0.4) is 0 Å². The van der Waals surface area contributed by atoms with Crippen molar-refractivity contribution in [1.29, 1.82) is 0 Å². The van der Waals surface area contributed by atoms with E-state index in [1.54, 1.807) is 30.3 Å². The predicted octanol–water partition coefficient (Wildman–Crippen LogP) is 5.06. The maximum Gasteiger partial charge on any atom is 0.412 e. The Morgan fingerprint density at radius 2 is 1.93 bits per heavy atom. The zero-order valence-electron chi connectivity index (χ0n) is 16.1. The maximum atomic E-state index is 13.9. The Morgan fingerprint density at radius 1 is 1.23 bits per heavy atom. The van der Waals surface area contributed by atoms with Crippen LogP contribution in [0.15, 0.2) is 59.1 Å². The van der Waals surface area contributed by atoms with Crippen molar-refractivity contribution in [2.45, 2.75) is 25.9 Å². The molecular formula is C21H22BrFN2O5. The number of carbonyl (C=O) groups excluding carboxylic acids is 2. The summed E-state index contributed by atoms with van der Waals surface area (Å²) in [7, 11) is 0. The van der Waals surface area contributed by atoms with Crippen molar-refractivity contribution in [3.63, 3.8) is 0 Å². The number of halogens is 2. The number of hydroxylamine groups is 1. The summed E-state index contributed by atoms with van der Waals surface area (Å²) >= 11 is 3.31. The number of hydrogen-bond donors (Lipinski definition) is 4. The molecule has 0 aliphatic carbocycles. The summed E-state index contributed by atoms with van der Waals surface area (Å²) in [5.74, 6) is -2.21. The van der Waals surface area contributed by atoms with E-state index in [-0.39, 0.29) is 5.92 Å². The molecule has 2 rings (SSSR count). The smallest absolute Gasteiger partial charge is 0.412 e. The molecule has 0 radical (unpaired) electrons. The minimum atomic E-state index is -0.818. The van der Waals surface area contributed by atoms with Crippen molar-refractivity contribution >= 4 is 33.6 Å². The third-order valence-corrected chi connectivity index (χ3v) is 4.84. The van der Waals surface area contributed by atoms with Gasteiger partial charge in [0, 0.05) is 16.2 Å². The first-order chi connectivity index (χ1) is 14.3. The molecule has 2 amide bonds. The molecule has 0 bridgehead atoms. The van der Waals surface area contributed by atoms with E-state index in [1.165, 1.54) is 23.7 Å². The second-order valence-electron chi connectivity index (χ2n) is 6.60. The molecule has 7 nitrogen and oxygen atoms in total. The largest absolute Gasteiger partial charge is 0.505 e. The number of hydrogen-bond acceptors (Lipinski definition) is 5. The number of aromatic hydroxyl groups is 1. The Bertz CT molecular complexity index is 905. The van der Waals surface area contributed by atoms with Crippen LogP contribution >= 0.6 is 15.9 Å². The molecule has 2 aromatic carbocycles. The van der Waals surface area contributed by atoms with Gasteiger partial charge in [-0.15, -0.1) is 0 Å². The molecule has 0 aromatic heterocycles. The number of anilines is 1. The highest BCUT2D eigenvalue weighted by Crippen LogP contribution is 2.32. The topological polar surface area (TPSA) is 108 Å². The normalized spacial score (nSPS) is 12.9. The summed E-state index contributed by atoms with van der Waals surface area (Å²) in [6.07, 6.45) is 2.21. The molecule has 0 fully saturated rings. The second-order valence-corrected chi connectivity index (χ2v) is 7.52. The molecule has 30 heavy (non-hydrogen) atoms. The Labute approximate surface area is 181 Å². The summed E-state index contributed by atoms with van der Waals surface area (Å²) in [4.78, 5) is 23.4. The molecule has 0 spiro atoms. The van der Waals surface area contributed by atoms with Crippen molar-refractivity contribution in [2.75, 3.05) is 5.32 Å². The third-order valence-electron chi connectivity index (χ3n) is 4.31. The number of rotatable bonds is 8. The van der Waals surface area contributed by atoms with Crippen molar-refractivity contribution in [2.24, 2.45) is 5.92 Å². The molecule has 2 atom stereocenters. The SMILES string of the molecule is C[C@H](CC/C=C/C(=O)NO)[C@H](OC(=O)Nc1ccc(Br)cc1)c1ccc(O)c(F)c1. The van der Waals surface area contributed by atoms with E-state index >= 15 is 0 Å². The number of nitrogens with one attached hydrogen (secondary N) is 2. The van der Waals surface area contributed by atoms with Crippen LogP contribution in [0.5, 0.6) is 5.75 Å². The first-order valence-electron chi connectivity index (χ1n) is 9.12. The van der Waals surface area contributed by atoms with E-state index in [4.69, 9.17) is 9.94 Å². The molecule has 0 heterocycles. The Hall–Kier alpha value is -2.91. The molecule has 0 unspecified atom stereocenters. The summed E-state index contributed by atoms with van der Waals surface area (Å²) in [5.41, 5.74) is 2.42. The van der Waals surface area contributed by atoms with E-state index in [9.17, 15) is 19.1 Å². The van der Waals surface area contributed by atoms with Crippen LogP contribution in [0.4, 0.5) is 14.9 Å². The highest BCUT2D eigenvalue weighted by Gasteiger charge is 2.24. The fraction of sp³-hybridized carbons (Fsp3) is 0.238. The first kappa shape index (κ1) is 23.4. The van der Waals surface area contributed by atoms with Crippen LogP contribution in [-0.4, -0.2) is 22.3 Å². The Morgan fingerprint density at radius 3 is 2.57 bits per heavy atom. The second kappa shape index (κ2) is 11.3. The van der Waals surface area contributed by atoms with Gasteiger partial charge in [0.1, 0.15) is 6.10 Å². The molecule has 0 saturated carbocycles. The maximum absolute atomic E-state index is 13.9. The average molecular weight is 481 g/mol. The summed E-state index contributed by atoms with van der Waals surface area (Å²) in [5, 5.41) is 20.6. The van der Waals surface area contributed by atoms with Gasteiger partial charge in [-0.3, -0.25) is 15.3 Å². The van der Waals surface area contributed by atoms with Crippen LogP contribution in [0.2, 0.25) is 0 Å². The lowest BCUT2D eigenvalue weighted by Gasteiger charge is -2.25. The number of carbonyl (C=O) groups is 2. The molecule has 9 heteroatoms. The monoisotopic (exact) mass is 480 g/mol. The molecule has 0 aliphatic heterocycles. The van der Waals surface area contributed by atoms with Crippen molar-refractivity contribution in [3.8, 4) is 5.75 Å². The van der Waals surface area contributed by atoms with Gasteiger partial charge in [-0.25, -0.2) is 14.7 Å². The lowest BCUT2D eigenvalue weighted by Crippen LogP contribution is -2.22. The number of ether oxygens (including phenoxy) is 1. The molecule has 160 valence electrons. The summed E-state index contributed by atoms with van der Waals surface area (Å²) < 4.78 is 20.3. The van der Waals surface area contributed by atoms with Crippen molar-refractivity contribution < 1.29 is 29.0 Å². The number of phenols is 1. The van der Waals surface area contributed by atoms with E-state index in [1.807, 2.05) is 6.92 Å². The van der Waals surface area contributed by atoms with E-state index in [0.29, 0.717) is 24.1 Å². The third kappa shape index (κ3) is 7.16. The van der Waals surface area contributed by atoms with Gasteiger partial charge in [-0.05, 0) is 60.7 Å². The van der Waals surface area contributed by atoms with Gasteiger partial charge >= 0.3 is 6.09 Å². The number of amides is 2. The fourth-order valence-electron chi connectivity index (χ4n) is 2.75. The van der Waals surface area contributed by atoms with Crippen LogP contribution in [0.25, 0.3) is 0 Å². The highest BCUT2D eigenvalue weighted by molar-refractivity contribution is 9.10. The van der Waals surface area contributed by atoms with Gasteiger partial charge in [0.25, 0.3) is 5.91 Å². The first-order valence-corrected chi connectivity index (χ1v) is 9.91. The average Bonchev–Trinajstić information content (AvgIpc) is 2.72. The number of benzene rings is 2. The van der Waals surface area contributed by atoms with Gasteiger partial charge in [0.15, 0.2) is 11.6 Å². The lowest BCUT2D eigenvalue weighted by atomic mass is 9.93. The quantitative estimate of drug-likeness (QED) is 0.240. The van der Waals surface area contributed by atoms with Crippen LogP contribution in [0.1, 0.15) is 31.4 Å².